The number of amides is 1. The second-order valence-corrected chi connectivity index (χ2v) is 6.58. The highest BCUT2D eigenvalue weighted by Gasteiger charge is 2.15. The molecule has 2 heterocycles. The van der Waals surface area contributed by atoms with Crippen molar-refractivity contribution in [1.29, 1.82) is 0 Å². The van der Waals surface area contributed by atoms with Crippen LogP contribution in [0.15, 0.2) is 73.1 Å². The van der Waals surface area contributed by atoms with E-state index in [9.17, 15) is 4.79 Å². The Morgan fingerprint density at radius 2 is 1.82 bits per heavy atom. The van der Waals surface area contributed by atoms with Gasteiger partial charge in [-0.15, -0.1) is 5.10 Å². The highest BCUT2D eigenvalue weighted by molar-refractivity contribution is 5.80. The van der Waals surface area contributed by atoms with E-state index in [-0.39, 0.29) is 12.5 Å². The van der Waals surface area contributed by atoms with Crippen LogP contribution in [0.4, 0.5) is 0 Å². The fourth-order valence-corrected chi connectivity index (χ4v) is 3.25. The molecule has 0 aliphatic heterocycles. The molecule has 6 nitrogen and oxygen atoms in total. The summed E-state index contributed by atoms with van der Waals surface area (Å²) in [5, 5.41) is 8.25. The van der Waals surface area contributed by atoms with Gasteiger partial charge in [0.15, 0.2) is 0 Å². The summed E-state index contributed by atoms with van der Waals surface area (Å²) >= 11 is 0. The molecular weight excluding hydrogens is 350 g/mol. The maximum atomic E-state index is 12.9. The van der Waals surface area contributed by atoms with Gasteiger partial charge in [0.05, 0.1) is 5.52 Å². The van der Waals surface area contributed by atoms with Gasteiger partial charge in [-0.25, -0.2) is 4.68 Å². The molecule has 6 heteroatoms. The van der Waals surface area contributed by atoms with Crippen LogP contribution in [-0.4, -0.2) is 37.3 Å². The molecule has 140 valence electrons. The highest BCUT2D eigenvalue weighted by atomic mass is 16.2. The fourth-order valence-electron chi connectivity index (χ4n) is 3.25. The van der Waals surface area contributed by atoms with Gasteiger partial charge in [0, 0.05) is 25.5 Å². The fraction of sp³-hybridized carbons (Fsp3) is 0.182. The molecule has 28 heavy (non-hydrogen) atoms. The highest BCUT2D eigenvalue weighted by Crippen LogP contribution is 2.20. The molecule has 0 saturated carbocycles. The van der Waals surface area contributed by atoms with E-state index in [0.717, 1.165) is 27.7 Å². The lowest BCUT2D eigenvalue weighted by atomic mass is 10.0. The van der Waals surface area contributed by atoms with E-state index in [1.54, 1.807) is 17.1 Å². The zero-order valence-corrected chi connectivity index (χ0v) is 15.7. The zero-order chi connectivity index (χ0) is 19.3. The number of fused-ring (bicyclic) bond motifs is 1. The molecule has 1 amide bonds. The van der Waals surface area contributed by atoms with Crippen LogP contribution in [0.2, 0.25) is 0 Å². The molecule has 0 aliphatic rings. The van der Waals surface area contributed by atoms with Gasteiger partial charge in [0.1, 0.15) is 12.1 Å². The van der Waals surface area contributed by atoms with E-state index >= 15 is 0 Å². The normalized spacial score (nSPS) is 10.9. The lowest BCUT2D eigenvalue weighted by molar-refractivity contribution is -0.132. The van der Waals surface area contributed by atoms with Crippen LogP contribution in [0.25, 0.3) is 22.2 Å². The summed E-state index contributed by atoms with van der Waals surface area (Å²) in [7, 11) is 0. The van der Waals surface area contributed by atoms with Gasteiger partial charge < -0.3 is 4.90 Å². The summed E-state index contributed by atoms with van der Waals surface area (Å²) in [4.78, 5) is 18.8. The first-order chi connectivity index (χ1) is 13.7. The molecule has 0 fully saturated rings. The summed E-state index contributed by atoms with van der Waals surface area (Å²) in [6.45, 7) is 3.36. The molecule has 0 spiro atoms. The largest absolute Gasteiger partial charge is 0.337 e. The van der Waals surface area contributed by atoms with E-state index in [4.69, 9.17) is 0 Å². The first-order valence-corrected chi connectivity index (χ1v) is 9.30. The summed E-state index contributed by atoms with van der Waals surface area (Å²) < 4.78 is 1.66. The number of para-hydroxylation sites is 1. The second-order valence-electron chi connectivity index (χ2n) is 6.58. The van der Waals surface area contributed by atoms with Crippen molar-refractivity contribution in [2.75, 3.05) is 6.54 Å². The lowest BCUT2D eigenvalue weighted by Gasteiger charge is -2.21. The topological polar surface area (TPSA) is 63.9 Å². The average molecular weight is 371 g/mol. The van der Waals surface area contributed by atoms with Crippen LogP contribution in [0.3, 0.4) is 0 Å². The molecule has 2 aromatic heterocycles. The van der Waals surface area contributed by atoms with E-state index in [1.165, 1.54) is 0 Å². The summed E-state index contributed by atoms with van der Waals surface area (Å²) in [5.41, 5.74) is 4.98. The molecule has 0 N–H and O–H groups in total. The molecule has 0 saturated heterocycles. The van der Waals surface area contributed by atoms with Gasteiger partial charge in [0.2, 0.25) is 5.91 Å². The number of hydrogen-bond acceptors (Lipinski definition) is 4. The molecule has 0 atom stereocenters. The number of carbonyl (C=O) groups excluding carboxylic acids is 1. The first kappa shape index (κ1) is 17.9. The Morgan fingerprint density at radius 3 is 2.64 bits per heavy atom. The minimum atomic E-state index is 0.0208. The van der Waals surface area contributed by atoms with Crippen molar-refractivity contribution < 1.29 is 4.79 Å². The van der Waals surface area contributed by atoms with Gasteiger partial charge in [-0.1, -0.05) is 35.5 Å². The van der Waals surface area contributed by atoms with Crippen LogP contribution in [0.5, 0.6) is 0 Å². The van der Waals surface area contributed by atoms with Gasteiger partial charge in [0.25, 0.3) is 0 Å². The SMILES string of the molecule is CCN(Cc1cccc(-c2ccncc2)c1)C(=O)Cn1nnc2ccccc21. The van der Waals surface area contributed by atoms with Crippen LogP contribution in [-0.2, 0) is 17.9 Å². The lowest BCUT2D eigenvalue weighted by Crippen LogP contribution is -2.33. The number of nitrogens with zero attached hydrogens (tertiary/aromatic N) is 5. The third-order valence-electron chi connectivity index (χ3n) is 4.75. The predicted molar refractivity (Wildman–Crippen MR) is 108 cm³/mol. The number of rotatable bonds is 6. The molecule has 0 aliphatic carbocycles. The Bertz CT molecular complexity index is 1090. The monoisotopic (exact) mass is 371 g/mol. The van der Waals surface area contributed by atoms with Crippen molar-refractivity contribution >= 4 is 16.9 Å². The maximum Gasteiger partial charge on any atom is 0.244 e. The Morgan fingerprint density at radius 1 is 1.00 bits per heavy atom. The summed E-state index contributed by atoms with van der Waals surface area (Å²) in [6, 6.07) is 19.9. The third kappa shape index (κ3) is 3.76. The number of pyridine rings is 1. The molecule has 0 unspecified atom stereocenters. The quantitative estimate of drug-likeness (QED) is 0.520. The van der Waals surface area contributed by atoms with Gasteiger partial charge in [-0.05, 0) is 53.9 Å². The molecule has 4 rings (SSSR count). The average Bonchev–Trinajstić information content (AvgIpc) is 3.15. The molecule has 0 radical (unpaired) electrons. The van der Waals surface area contributed by atoms with Crippen molar-refractivity contribution in [3.8, 4) is 11.1 Å². The van der Waals surface area contributed by atoms with Crippen molar-refractivity contribution in [3.05, 3.63) is 78.6 Å². The van der Waals surface area contributed by atoms with Gasteiger partial charge in [-0.3, -0.25) is 9.78 Å². The predicted octanol–water partition coefficient (Wildman–Crippen LogP) is 3.54. The maximum absolute atomic E-state index is 12.9. The standard InChI is InChI=1S/C22H21N5O/c1-2-26(22(28)16-27-21-9-4-3-8-20(21)24-25-27)15-17-6-5-7-19(14-17)18-10-12-23-13-11-18/h3-14H,2,15-16H2,1H3. The number of aromatic nitrogens is 4. The summed E-state index contributed by atoms with van der Waals surface area (Å²) in [5.74, 6) is 0.0208. The Balaban J connectivity index is 1.51. The Hall–Kier alpha value is -3.54. The molecule has 0 bridgehead atoms. The summed E-state index contributed by atoms with van der Waals surface area (Å²) in [6.07, 6.45) is 3.57. The first-order valence-electron chi connectivity index (χ1n) is 9.30. The van der Waals surface area contributed by atoms with E-state index < -0.39 is 0 Å². The second kappa shape index (κ2) is 8.00. The minimum absolute atomic E-state index is 0.0208. The van der Waals surface area contributed by atoms with Gasteiger partial charge >= 0.3 is 0 Å². The molecular formula is C22H21N5O. The van der Waals surface area contributed by atoms with Crippen LogP contribution in [0.1, 0.15) is 12.5 Å². The van der Waals surface area contributed by atoms with E-state index in [1.807, 2.05) is 60.4 Å². The van der Waals surface area contributed by atoms with E-state index in [2.05, 4.69) is 27.4 Å². The number of hydrogen-bond donors (Lipinski definition) is 0. The Kier molecular flexibility index (Phi) is 5.10. The van der Waals surface area contributed by atoms with Crippen molar-refractivity contribution in [3.63, 3.8) is 0 Å². The van der Waals surface area contributed by atoms with E-state index in [0.29, 0.717) is 13.1 Å². The van der Waals surface area contributed by atoms with Crippen molar-refractivity contribution in [2.45, 2.75) is 20.0 Å². The van der Waals surface area contributed by atoms with Crippen LogP contribution in [0, 0.1) is 0 Å². The number of likely N-dealkylation sites (N-methyl/N-ethyl adjacent to an activating group) is 1. The van der Waals surface area contributed by atoms with Gasteiger partial charge in [-0.2, -0.15) is 0 Å². The zero-order valence-electron chi connectivity index (χ0n) is 15.7. The van der Waals surface area contributed by atoms with Crippen molar-refractivity contribution in [2.24, 2.45) is 0 Å². The number of carbonyl (C=O) groups is 1. The number of benzene rings is 2. The Labute approximate surface area is 163 Å². The third-order valence-corrected chi connectivity index (χ3v) is 4.75. The van der Waals surface area contributed by atoms with Crippen molar-refractivity contribution in [1.82, 2.24) is 24.9 Å². The minimum Gasteiger partial charge on any atom is -0.337 e. The molecule has 4 aromatic rings. The van der Waals surface area contributed by atoms with Crippen LogP contribution < -0.4 is 0 Å². The smallest absolute Gasteiger partial charge is 0.244 e. The van der Waals surface area contributed by atoms with Crippen LogP contribution >= 0.6 is 0 Å². The molecule has 2 aromatic carbocycles.